The molecule has 1 saturated heterocycles. The highest BCUT2D eigenvalue weighted by Gasteiger charge is 2.36. The molecule has 0 aliphatic carbocycles. The Kier molecular flexibility index (Phi) is 5.69. The summed E-state index contributed by atoms with van der Waals surface area (Å²) in [5.74, 6) is 0.980. The molecule has 3 heterocycles. The Morgan fingerprint density at radius 2 is 1.71 bits per heavy atom. The van der Waals surface area contributed by atoms with Gasteiger partial charge < -0.3 is 10.0 Å². The molecule has 2 atom stereocenters. The first-order chi connectivity index (χ1) is 13.0. The van der Waals surface area contributed by atoms with Crippen LogP contribution in [0.15, 0.2) is 12.5 Å². The fraction of sp³-hybridized carbons (Fsp3) is 0.762. The van der Waals surface area contributed by atoms with Crippen LogP contribution in [0.3, 0.4) is 0 Å². The number of piperazine rings is 1. The highest BCUT2D eigenvalue weighted by atomic mass is 16.3. The number of hydrogen-bond donors (Lipinski definition) is 1. The minimum absolute atomic E-state index is 0.130. The van der Waals surface area contributed by atoms with E-state index in [1.165, 1.54) is 0 Å². The summed E-state index contributed by atoms with van der Waals surface area (Å²) in [6.45, 7) is 17.2. The maximum Gasteiger partial charge on any atom is 0.163 e. The number of aliphatic hydroxyl groups is 1. The zero-order valence-corrected chi connectivity index (χ0v) is 18.5. The van der Waals surface area contributed by atoms with Gasteiger partial charge >= 0.3 is 0 Å². The van der Waals surface area contributed by atoms with E-state index in [1.807, 2.05) is 24.7 Å². The van der Waals surface area contributed by atoms with Crippen LogP contribution in [-0.2, 0) is 5.54 Å². The van der Waals surface area contributed by atoms with Gasteiger partial charge in [-0.25, -0.2) is 14.6 Å². The molecule has 3 rings (SSSR count). The Morgan fingerprint density at radius 3 is 2.29 bits per heavy atom. The predicted molar refractivity (Wildman–Crippen MR) is 114 cm³/mol. The average molecular weight is 389 g/mol. The van der Waals surface area contributed by atoms with Gasteiger partial charge in [0.05, 0.1) is 22.7 Å². The predicted octanol–water partition coefficient (Wildman–Crippen LogP) is 3.03. The summed E-state index contributed by atoms with van der Waals surface area (Å²) in [7, 11) is 0. The van der Waals surface area contributed by atoms with Gasteiger partial charge in [0, 0.05) is 31.7 Å². The first kappa shape index (κ1) is 21.0. The van der Waals surface area contributed by atoms with Gasteiger partial charge in [-0.1, -0.05) is 13.8 Å². The highest BCUT2D eigenvalue weighted by molar-refractivity contribution is 5.87. The molecule has 7 heteroatoms. The van der Waals surface area contributed by atoms with E-state index < -0.39 is 5.60 Å². The average Bonchev–Trinajstić information content (AvgIpc) is 3.04. The van der Waals surface area contributed by atoms with E-state index in [-0.39, 0.29) is 5.54 Å². The van der Waals surface area contributed by atoms with Gasteiger partial charge in [-0.2, -0.15) is 5.10 Å². The standard InChI is InChI=1S/C21H36N6O/c1-8-15-12-26(16(9-2)11-25(15)13-21(6,7)28)18-17-10-24-27(20(3,4)5)19(17)23-14-22-18/h10,14-16,28H,8-9,11-13H2,1-7H3/t15-,16+/m0/s1. The maximum absolute atomic E-state index is 10.4. The molecule has 1 N–H and O–H groups in total. The fourth-order valence-electron chi connectivity index (χ4n) is 4.25. The first-order valence-corrected chi connectivity index (χ1v) is 10.5. The first-order valence-electron chi connectivity index (χ1n) is 10.5. The third kappa shape index (κ3) is 4.15. The second-order valence-electron chi connectivity index (χ2n) is 9.68. The summed E-state index contributed by atoms with van der Waals surface area (Å²) in [5, 5.41) is 16.0. The Morgan fingerprint density at radius 1 is 1.04 bits per heavy atom. The second kappa shape index (κ2) is 7.59. The molecule has 7 nitrogen and oxygen atoms in total. The van der Waals surface area contributed by atoms with Crippen LogP contribution in [-0.4, -0.2) is 67.1 Å². The van der Waals surface area contributed by atoms with Crippen LogP contribution >= 0.6 is 0 Å². The number of hydrogen-bond acceptors (Lipinski definition) is 6. The Hall–Kier alpha value is -1.73. The maximum atomic E-state index is 10.4. The Labute approximate surface area is 168 Å². The molecule has 2 aromatic heterocycles. The van der Waals surface area contributed by atoms with Gasteiger partial charge in [0.1, 0.15) is 12.1 Å². The van der Waals surface area contributed by atoms with E-state index in [0.717, 1.165) is 42.8 Å². The largest absolute Gasteiger partial charge is 0.389 e. The molecular weight excluding hydrogens is 352 g/mol. The molecule has 1 aliphatic heterocycles. The fourth-order valence-corrected chi connectivity index (χ4v) is 4.25. The quantitative estimate of drug-likeness (QED) is 0.849. The van der Waals surface area contributed by atoms with Gasteiger partial charge in [0.25, 0.3) is 0 Å². The number of anilines is 1. The molecule has 0 amide bonds. The lowest BCUT2D eigenvalue weighted by Crippen LogP contribution is -2.60. The van der Waals surface area contributed by atoms with Crippen molar-refractivity contribution in [1.82, 2.24) is 24.6 Å². The zero-order valence-electron chi connectivity index (χ0n) is 18.5. The third-order valence-electron chi connectivity index (χ3n) is 5.59. The SMILES string of the molecule is CC[C@H]1CN(c2ncnc3c2cnn3C(C)(C)C)[C@H](CC)CN1CC(C)(C)O. The normalized spacial score (nSPS) is 22.2. The van der Waals surface area contributed by atoms with E-state index in [2.05, 4.69) is 59.5 Å². The minimum Gasteiger partial charge on any atom is -0.389 e. The van der Waals surface area contributed by atoms with Crippen molar-refractivity contribution >= 4 is 16.9 Å². The second-order valence-corrected chi connectivity index (χ2v) is 9.68. The number of aromatic nitrogens is 4. The number of rotatable bonds is 5. The molecule has 156 valence electrons. The van der Waals surface area contributed by atoms with E-state index >= 15 is 0 Å². The van der Waals surface area contributed by atoms with Gasteiger partial charge in [0.2, 0.25) is 0 Å². The van der Waals surface area contributed by atoms with Crippen LogP contribution < -0.4 is 4.90 Å². The number of fused-ring (bicyclic) bond motifs is 1. The van der Waals surface area contributed by atoms with Crippen LogP contribution in [0.25, 0.3) is 11.0 Å². The van der Waals surface area contributed by atoms with Crippen molar-refractivity contribution in [2.75, 3.05) is 24.5 Å². The topological polar surface area (TPSA) is 70.3 Å². The molecule has 0 unspecified atom stereocenters. The van der Waals surface area contributed by atoms with Crippen LogP contribution in [0, 0.1) is 0 Å². The molecule has 0 bridgehead atoms. The van der Waals surface area contributed by atoms with E-state index in [4.69, 9.17) is 0 Å². The van der Waals surface area contributed by atoms with E-state index in [1.54, 1.807) is 6.33 Å². The van der Waals surface area contributed by atoms with E-state index in [0.29, 0.717) is 18.6 Å². The van der Waals surface area contributed by atoms with Gasteiger partial charge in [-0.3, -0.25) is 4.90 Å². The molecule has 0 aromatic carbocycles. The summed E-state index contributed by atoms with van der Waals surface area (Å²) in [5.41, 5.74) is 0.0676. The van der Waals surface area contributed by atoms with Gasteiger partial charge in [-0.15, -0.1) is 0 Å². The Balaban J connectivity index is 1.98. The summed E-state index contributed by atoms with van der Waals surface area (Å²) in [6.07, 6.45) is 5.64. The van der Waals surface area contributed by atoms with Crippen molar-refractivity contribution in [3.63, 3.8) is 0 Å². The van der Waals surface area contributed by atoms with Crippen molar-refractivity contribution in [2.24, 2.45) is 0 Å². The Bertz CT molecular complexity index is 803. The van der Waals surface area contributed by atoms with Gasteiger partial charge in [-0.05, 0) is 47.5 Å². The molecule has 1 fully saturated rings. The van der Waals surface area contributed by atoms with Crippen molar-refractivity contribution < 1.29 is 5.11 Å². The van der Waals surface area contributed by atoms with Crippen LogP contribution in [0.2, 0.25) is 0 Å². The lowest BCUT2D eigenvalue weighted by atomic mass is 9.99. The van der Waals surface area contributed by atoms with Crippen LogP contribution in [0.5, 0.6) is 0 Å². The lowest BCUT2D eigenvalue weighted by molar-refractivity contribution is 0.00996. The molecule has 28 heavy (non-hydrogen) atoms. The molecule has 1 aliphatic rings. The molecule has 0 radical (unpaired) electrons. The minimum atomic E-state index is -0.691. The summed E-state index contributed by atoms with van der Waals surface area (Å²) in [6, 6.07) is 0.734. The van der Waals surface area contributed by atoms with E-state index in [9.17, 15) is 5.11 Å². The van der Waals surface area contributed by atoms with Crippen molar-refractivity contribution in [3.8, 4) is 0 Å². The summed E-state index contributed by atoms with van der Waals surface area (Å²) >= 11 is 0. The number of β-amino-alcohol motifs (C(OH)–C–C–N with tert-alkyl or cyclic N) is 1. The molecule has 0 saturated carbocycles. The number of nitrogens with zero attached hydrogens (tertiary/aromatic N) is 6. The zero-order chi connectivity index (χ0) is 20.7. The lowest BCUT2D eigenvalue weighted by Gasteiger charge is -2.48. The van der Waals surface area contributed by atoms with Crippen molar-refractivity contribution in [1.29, 1.82) is 0 Å². The summed E-state index contributed by atoms with van der Waals surface area (Å²) < 4.78 is 1.98. The van der Waals surface area contributed by atoms with Gasteiger partial charge in [0.15, 0.2) is 5.65 Å². The van der Waals surface area contributed by atoms with Crippen LogP contribution in [0.4, 0.5) is 5.82 Å². The summed E-state index contributed by atoms with van der Waals surface area (Å²) in [4.78, 5) is 14.1. The monoisotopic (exact) mass is 388 g/mol. The highest BCUT2D eigenvalue weighted by Crippen LogP contribution is 2.31. The molecule has 2 aromatic rings. The molecular formula is C21H36N6O. The van der Waals surface area contributed by atoms with Crippen molar-refractivity contribution in [3.05, 3.63) is 12.5 Å². The smallest absolute Gasteiger partial charge is 0.163 e. The van der Waals surface area contributed by atoms with Crippen LogP contribution in [0.1, 0.15) is 61.3 Å². The third-order valence-corrected chi connectivity index (χ3v) is 5.59. The molecule has 0 spiro atoms. The van der Waals surface area contributed by atoms with Crippen molar-refractivity contribution in [2.45, 2.75) is 84.5 Å².